The van der Waals surface area contributed by atoms with Gasteiger partial charge in [0.1, 0.15) is 12.0 Å². The van der Waals surface area contributed by atoms with Gasteiger partial charge in [0.25, 0.3) is 5.56 Å². The van der Waals surface area contributed by atoms with Crippen molar-refractivity contribution in [3.05, 3.63) is 47.0 Å². The molecular formula is C17H24N4O2Si. The fourth-order valence-electron chi connectivity index (χ4n) is 1.76. The first kappa shape index (κ1) is 18.2. The number of hydrogen-bond acceptors (Lipinski definition) is 5. The first-order chi connectivity index (χ1) is 11.2. The van der Waals surface area contributed by atoms with E-state index in [1.807, 2.05) is 12.2 Å². The fourth-order valence-corrected chi connectivity index (χ4v) is 2.71. The molecule has 0 saturated carbocycles. The molecule has 24 heavy (non-hydrogen) atoms. The van der Waals surface area contributed by atoms with E-state index in [1.165, 1.54) is 6.33 Å². The smallest absolute Gasteiger partial charge is 0.274 e. The van der Waals surface area contributed by atoms with Crippen molar-refractivity contribution in [1.29, 1.82) is 0 Å². The third-order valence-electron chi connectivity index (χ3n) is 4.28. The Labute approximate surface area is 143 Å². The van der Waals surface area contributed by atoms with Crippen LogP contribution in [0.4, 0.5) is 0 Å². The molecule has 0 radical (unpaired) electrons. The lowest BCUT2D eigenvalue weighted by atomic mass is 10.2. The Morgan fingerprint density at radius 3 is 2.54 bits per heavy atom. The minimum Gasteiger partial charge on any atom is -0.413 e. The van der Waals surface area contributed by atoms with Crippen molar-refractivity contribution in [2.24, 2.45) is 0 Å². The first-order valence-corrected chi connectivity index (χ1v) is 10.8. The zero-order valence-electron chi connectivity index (χ0n) is 14.8. The molecule has 6 nitrogen and oxygen atoms in total. The quantitative estimate of drug-likeness (QED) is 0.842. The largest absolute Gasteiger partial charge is 0.413 e. The van der Waals surface area contributed by atoms with Crippen LogP contribution in [0.1, 0.15) is 26.5 Å². The van der Waals surface area contributed by atoms with Crippen LogP contribution in [0.2, 0.25) is 18.1 Å². The zero-order chi connectivity index (χ0) is 17.8. The highest BCUT2D eigenvalue weighted by atomic mass is 28.4. The van der Waals surface area contributed by atoms with Gasteiger partial charge in [-0.25, -0.2) is 15.0 Å². The molecule has 0 unspecified atom stereocenters. The lowest BCUT2D eigenvalue weighted by molar-refractivity contribution is 0.328. The second kappa shape index (κ2) is 7.19. The minimum atomic E-state index is -1.76. The summed E-state index contributed by atoms with van der Waals surface area (Å²) in [6.07, 6.45) is 9.90. The number of hydrogen-bond donors (Lipinski definition) is 1. The predicted octanol–water partition coefficient (Wildman–Crippen LogP) is 3.26. The Morgan fingerprint density at radius 1 is 1.25 bits per heavy atom. The third kappa shape index (κ3) is 4.45. The van der Waals surface area contributed by atoms with Crippen LogP contribution in [-0.2, 0) is 4.43 Å². The summed E-state index contributed by atoms with van der Waals surface area (Å²) in [5.74, 6) is 0. The van der Waals surface area contributed by atoms with Crippen molar-refractivity contribution < 1.29 is 4.43 Å². The van der Waals surface area contributed by atoms with E-state index in [1.54, 1.807) is 18.6 Å². The van der Waals surface area contributed by atoms with Crippen molar-refractivity contribution in [1.82, 2.24) is 19.9 Å². The van der Waals surface area contributed by atoms with E-state index in [4.69, 9.17) is 4.43 Å². The molecule has 0 bridgehead atoms. The van der Waals surface area contributed by atoms with Crippen molar-refractivity contribution in [2.45, 2.75) is 38.9 Å². The molecule has 2 heterocycles. The molecule has 0 aliphatic heterocycles. The summed E-state index contributed by atoms with van der Waals surface area (Å²) in [6, 6.07) is 0. The summed E-state index contributed by atoms with van der Waals surface area (Å²) in [4.78, 5) is 26.8. The molecule has 7 heteroatoms. The maximum Gasteiger partial charge on any atom is 0.274 e. The van der Waals surface area contributed by atoms with Crippen molar-refractivity contribution >= 4 is 14.4 Å². The molecule has 128 valence electrons. The van der Waals surface area contributed by atoms with Gasteiger partial charge in [-0.2, -0.15) is 0 Å². The highest BCUT2D eigenvalue weighted by Gasteiger charge is 2.36. The summed E-state index contributed by atoms with van der Waals surface area (Å²) in [5, 5.41) is 0.178. The monoisotopic (exact) mass is 344 g/mol. The Bertz CT molecular complexity index is 764. The molecule has 0 atom stereocenters. The summed E-state index contributed by atoms with van der Waals surface area (Å²) >= 11 is 0. The Balaban J connectivity index is 2.10. The van der Waals surface area contributed by atoms with E-state index in [0.717, 1.165) is 0 Å². The van der Waals surface area contributed by atoms with Crippen LogP contribution in [0.15, 0.2) is 35.8 Å². The van der Waals surface area contributed by atoms with Gasteiger partial charge in [-0.3, -0.25) is 4.79 Å². The van der Waals surface area contributed by atoms with Crippen LogP contribution in [-0.4, -0.2) is 34.9 Å². The molecule has 0 aliphatic rings. The van der Waals surface area contributed by atoms with E-state index in [2.05, 4.69) is 53.8 Å². The van der Waals surface area contributed by atoms with Crippen LogP contribution in [0.5, 0.6) is 0 Å². The molecule has 0 saturated heterocycles. The van der Waals surface area contributed by atoms with Gasteiger partial charge in [0, 0.05) is 24.2 Å². The first-order valence-electron chi connectivity index (χ1n) is 7.86. The Kier molecular flexibility index (Phi) is 5.46. The van der Waals surface area contributed by atoms with Crippen LogP contribution in [0, 0.1) is 0 Å². The van der Waals surface area contributed by atoms with Gasteiger partial charge in [0.05, 0.1) is 12.3 Å². The van der Waals surface area contributed by atoms with Crippen LogP contribution >= 0.6 is 0 Å². The summed E-state index contributed by atoms with van der Waals surface area (Å²) in [6.45, 7) is 11.6. The number of aromatic nitrogens is 4. The van der Waals surface area contributed by atoms with Gasteiger partial charge in [0.2, 0.25) is 0 Å². The average molecular weight is 344 g/mol. The summed E-state index contributed by atoms with van der Waals surface area (Å²) < 4.78 is 6.09. The molecule has 0 aromatic carbocycles. The average Bonchev–Trinajstić information content (AvgIpc) is 2.53. The second-order valence-electron chi connectivity index (χ2n) is 7.10. The lowest BCUT2D eigenvalue weighted by Crippen LogP contribution is -2.40. The van der Waals surface area contributed by atoms with Crippen LogP contribution in [0.3, 0.4) is 0 Å². The van der Waals surface area contributed by atoms with Gasteiger partial charge in [-0.1, -0.05) is 26.8 Å². The predicted molar refractivity (Wildman–Crippen MR) is 98.1 cm³/mol. The number of nitrogens with zero attached hydrogens (tertiary/aromatic N) is 3. The molecule has 2 aromatic heterocycles. The summed E-state index contributed by atoms with van der Waals surface area (Å²) in [7, 11) is -1.76. The maximum absolute atomic E-state index is 11.9. The zero-order valence-corrected chi connectivity index (χ0v) is 15.8. The van der Waals surface area contributed by atoms with Crippen molar-refractivity contribution in [3.63, 3.8) is 0 Å². The molecule has 0 amide bonds. The normalized spacial score (nSPS) is 12.7. The van der Waals surface area contributed by atoms with Crippen molar-refractivity contribution in [2.75, 3.05) is 6.61 Å². The Morgan fingerprint density at radius 2 is 1.92 bits per heavy atom. The van der Waals surface area contributed by atoms with Gasteiger partial charge >= 0.3 is 0 Å². The highest BCUT2D eigenvalue weighted by molar-refractivity contribution is 6.74. The van der Waals surface area contributed by atoms with Gasteiger partial charge in [-0.05, 0) is 24.2 Å². The fraction of sp³-hybridized carbons (Fsp3) is 0.412. The molecule has 1 N–H and O–H groups in total. The SMILES string of the molecule is CC(C)(C)[Si](C)(C)OCC=Cc1c[nH]c(=O)c(-c2cncnc2)n1. The second-order valence-corrected chi connectivity index (χ2v) is 11.9. The number of nitrogens with one attached hydrogen (secondary N) is 1. The number of H-pyrrole nitrogens is 1. The van der Waals surface area contributed by atoms with Crippen LogP contribution in [0.25, 0.3) is 17.3 Å². The van der Waals surface area contributed by atoms with E-state index in [9.17, 15) is 4.79 Å². The van der Waals surface area contributed by atoms with E-state index in [-0.39, 0.29) is 10.6 Å². The van der Waals surface area contributed by atoms with Gasteiger partial charge in [-0.15, -0.1) is 0 Å². The van der Waals surface area contributed by atoms with E-state index < -0.39 is 8.32 Å². The molecule has 0 aliphatic carbocycles. The molecular weight excluding hydrogens is 320 g/mol. The molecule has 0 fully saturated rings. The molecule has 0 spiro atoms. The summed E-state index contributed by atoms with van der Waals surface area (Å²) in [5.41, 5.74) is 1.29. The maximum atomic E-state index is 11.9. The van der Waals surface area contributed by atoms with Gasteiger partial charge in [0.15, 0.2) is 8.32 Å². The highest BCUT2D eigenvalue weighted by Crippen LogP contribution is 2.36. The molecule has 2 aromatic rings. The molecule has 2 rings (SSSR count). The van der Waals surface area contributed by atoms with E-state index in [0.29, 0.717) is 23.6 Å². The minimum absolute atomic E-state index is 0.178. The van der Waals surface area contributed by atoms with Gasteiger partial charge < -0.3 is 9.41 Å². The Hall–Kier alpha value is -2.12. The topological polar surface area (TPSA) is 80.8 Å². The van der Waals surface area contributed by atoms with Crippen LogP contribution < -0.4 is 5.56 Å². The number of aromatic amines is 1. The number of rotatable bonds is 5. The lowest BCUT2D eigenvalue weighted by Gasteiger charge is -2.35. The van der Waals surface area contributed by atoms with Crippen molar-refractivity contribution in [3.8, 4) is 11.3 Å². The third-order valence-corrected chi connectivity index (χ3v) is 8.78. The van der Waals surface area contributed by atoms with E-state index >= 15 is 0 Å². The standard InChI is InChI=1S/C17H24N4O2Si/c1-17(2,3)24(4,5)23-8-6-7-14-11-20-16(22)15(21-14)13-9-18-12-19-10-13/h6-7,9-12H,8H2,1-5H3,(H,20,22).